The van der Waals surface area contributed by atoms with E-state index in [1.807, 2.05) is 12.1 Å². The smallest absolute Gasteiger partial charge is 0.174 e. The lowest BCUT2D eigenvalue weighted by molar-refractivity contribution is 0.246. The average Bonchev–Trinajstić information content (AvgIpc) is 2.90. The van der Waals surface area contributed by atoms with Gasteiger partial charge in [-0.25, -0.2) is 0 Å². The molecule has 102 valence electrons. The summed E-state index contributed by atoms with van der Waals surface area (Å²) < 4.78 is 10.9. The molecule has 0 bridgehead atoms. The lowest BCUT2D eigenvalue weighted by atomic mass is 10.0. The van der Waals surface area contributed by atoms with Gasteiger partial charge in [0.2, 0.25) is 0 Å². The van der Waals surface area contributed by atoms with Crippen molar-refractivity contribution in [1.29, 1.82) is 0 Å². The van der Waals surface area contributed by atoms with Gasteiger partial charge in [0.05, 0.1) is 6.20 Å². The van der Waals surface area contributed by atoms with Crippen LogP contribution in [0.25, 0.3) is 0 Å². The highest BCUT2D eigenvalue weighted by molar-refractivity contribution is 5.39. The van der Waals surface area contributed by atoms with Crippen LogP contribution >= 0.6 is 0 Å². The van der Waals surface area contributed by atoms with Crippen molar-refractivity contribution in [2.45, 2.75) is 33.4 Å². The lowest BCUT2D eigenvalue weighted by Crippen LogP contribution is -2.18. The number of aryl methyl sites for hydroxylation is 1. The minimum Gasteiger partial charge on any atom is -0.485 e. The van der Waals surface area contributed by atoms with Gasteiger partial charge in [0, 0.05) is 17.7 Å². The minimum atomic E-state index is 0.259. The first-order valence-corrected chi connectivity index (χ1v) is 6.57. The third-order valence-corrected chi connectivity index (χ3v) is 3.00. The Bertz CT molecular complexity index is 509. The zero-order valence-electron chi connectivity index (χ0n) is 11.6. The molecule has 0 amide bonds. The van der Waals surface area contributed by atoms with Gasteiger partial charge in [0.1, 0.15) is 12.4 Å². The molecule has 1 N–H and O–H groups in total. The molecular weight excluding hydrogens is 240 g/mol. The van der Waals surface area contributed by atoms with Crippen molar-refractivity contribution in [3.8, 4) is 5.75 Å². The maximum atomic E-state index is 5.83. The van der Waals surface area contributed by atoms with Gasteiger partial charge in [0.25, 0.3) is 0 Å². The zero-order chi connectivity index (χ0) is 13.7. The van der Waals surface area contributed by atoms with E-state index in [2.05, 4.69) is 43.4 Å². The summed E-state index contributed by atoms with van der Waals surface area (Å²) in [4.78, 5) is 0. The second-order valence-corrected chi connectivity index (χ2v) is 4.59. The summed E-state index contributed by atoms with van der Waals surface area (Å²) in [6.45, 7) is 7.65. The van der Waals surface area contributed by atoms with Crippen LogP contribution < -0.4 is 10.1 Å². The summed E-state index contributed by atoms with van der Waals surface area (Å²) in [5.41, 5.74) is 2.40. The van der Waals surface area contributed by atoms with E-state index in [9.17, 15) is 0 Å². The van der Waals surface area contributed by atoms with Crippen molar-refractivity contribution in [2.24, 2.45) is 0 Å². The number of nitrogens with one attached hydrogen (secondary N) is 1. The molecule has 0 aliphatic heterocycles. The molecule has 2 aromatic rings. The van der Waals surface area contributed by atoms with Crippen molar-refractivity contribution in [3.63, 3.8) is 0 Å². The van der Waals surface area contributed by atoms with E-state index in [4.69, 9.17) is 9.26 Å². The van der Waals surface area contributed by atoms with Gasteiger partial charge in [-0.15, -0.1) is 0 Å². The molecule has 1 atom stereocenters. The van der Waals surface area contributed by atoms with Gasteiger partial charge in [-0.05, 0) is 26.5 Å². The van der Waals surface area contributed by atoms with Crippen molar-refractivity contribution >= 4 is 0 Å². The molecule has 19 heavy (non-hydrogen) atoms. The summed E-state index contributed by atoms with van der Waals surface area (Å²) >= 11 is 0. The summed E-state index contributed by atoms with van der Waals surface area (Å²) in [7, 11) is 0. The maximum Gasteiger partial charge on any atom is 0.174 e. The Morgan fingerprint density at radius 2 is 2.21 bits per heavy atom. The number of benzene rings is 1. The quantitative estimate of drug-likeness (QED) is 0.866. The molecule has 0 radical (unpaired) electrons. The highest BCUT2D eigenvalue weighted by Gasteiger charge is 2.11. The lowest BCUT2D eigenvalue weighted by Gasteiger charge is -2.18. The van der Waals surface area contributed by atoms with Crippen LogP contribution in [-0.2, 0) is 6.61 Å². The molecule has 1 unspecified atom stereocenters. The fraction of sp³-hybridized carbons (Fsp3) is 0.400. The predicted octanol–water partition coefficient (Wildman–Crippen LogP) is 3.23. The van der Waals surface area contributed by atoms with Crippen LogP contribution in [0, 0.1) is 6.92 Å². The average molecular weight is 260 g/mol. The first kappa shape index (κ1) is 13.6. The Labute approximate surface area is 113 Å². The number of ether oxygens (including phenoxy) is 1. The van der Waals surface area contributed by atoms with Crippen molar-refractivity contribution in [1.82, 2.24) is 10.5 Å². The van der Waals surface area contributed by atoms with Crippen molar-refractivity contribution in [2.75, 3.05) is 6.54 Å². The number of aromatic nitrogens is 1. The molecule has 1 aromatic carbocycles. The van der Waals surface area contributed by atoms with Crippen molar-refractivity contribution in [3.05, 3.63) is 47.3 Å². The first-order chi connectivity index (χ1) is 9.20. The Balaban J connectivity index is 2.14. The number of nitrogens with zero attached hydrogens (tertiary/aromatic N) is 1. The monoisotopic (exact) mass is 260 g/mol. The highest BCUT2D eigenvalue weighted by atomic mass is 16.5. The van der Waals surface area contributed by atoms with Gasteiger partial charge in [-0.2, -0.15) is 0 Å². The molecule has 0 aliphatic carbocycles. The predicted molar refractivity (Wildman–Crippen MR) is 74.1 cm³/mol. The summed E-state index contributed by atoms with van der Waals surface area (Å²) in [5.74, 6) is 1.61. The fourth-order valence-corrected chi connectivity index (χ4v) is 2.02. The standard InChI is InChI=1S/C15H20N2O2/c1-4-16-12(3)14-9-11(2)5-6-15(14)18-10-13-7-8-17-19-13/h5-9,12,16H,4,10H2,1-3H3. The molecule has 2 rings (SSSR count). The van der Waals surface area contributed by atoms with Gasteiger partial charge in [-0.3, -0.25) is 0 Å². The van der Waals surface area contributed by atoms with Gasteiger partial charge in [0.15, 0.2) is 5.76 Å². The molecule has 0 saturated heterocycles. The van der Waals surface area contributed by atoms with E-state index in [0.717, 1.165) is 18.1 Å². The highest BCUT2D eigenvalue weighted by Crippen LogP contribution is 2.27. The second kappa shape index (κ2) is 6.38. The number of hydrogen-bond donors (Lipinski definition) is 1. The largest absolute Gasteiger partial charge is 0.485 e. The van der Waals surface area contributed by atoms with E-state index in [1.165, 1.54) is 11.1 Å². The van der Waals surface area contributed by atoms with Crippen LogP contribution in [0.5, 0.6) is 5.75 Å². The minimum absolute atomic E-state index is 0.259. The third-order valence-electron chi connectivity index (χ3n) is 3.00. The van der Waals surface area contributed by atoms with Crippen LogP contribution in [-0.4, -0.2) is 11.7 Å². The van der Waals surface area contributed by atoms with Gasteiger partial charge in [-0.1, -0.05) is 29.8 Å². The number of hydrogen-bond acceptors (Lipinski definition) is 4. The SMILES string of the molecule is CCNC(C)c1cc(C)ccc1OCc1ccno1. The zero-order valence-corrected chi connectivity index (χ0v) is 11.6. The van der Waals surface area contributed by atoms with E-state index in [0.29, 0.717) is 6.61 Å². The molecule has 0 aliphatic rings. The van der Waals surface area contributed by atoms with E-state index >= 15 is 0 Å². The molecule has 4 nitrogen and oxygen atoms in total. The molecular formula is C15H20N2O2. The molecule has 0 spiro atoms. The molecule has 1 aromatic heterocycles. The van der Waals surface area contributed by atoms with Crippen LogP contribution in [0.3, 0.4) is 0 Å². The number of rotatable bonds is 6. The Morgan fingerprint density at radius 1 is 1.37 bits per heavy atom. The van der Waals surface area contributed by atoms with Gasteiger partial charge < -0.3 is 14.6 Å². The molecule has 0 fully saturated rings. The molecule has 4 heteroatoms. The first-order valence-electron chi connectivity index (χ1n) is 6.57. The topological polar surface area (TPSA) is 47.3 Å². The van der Waals surface area contributed by atoms with E-state index in [1.54, 1.807) is 6.20 Å². The van der Waals surface area contributed by atoms with E-state index < -0.39 is 0 Å². The van der Waals surface area contributed by atoms with Crippen molar-refractivity contribution < 1.29 is 9.26 Å². The van der Waals surface area contributed by atoms with Crippen LogP contribution in [0.2, 0.25) is 0 Å². The second-order valence-electron chi connectivity index (χ2n) is 4.59. The maximum absolute atomic E-state index is 5.83. The summed E-state index contributed by atoms with van der Waals surface area (Å²) in [6.07, 6.45) is 1.62. The van der Waals surface area contributed by atoms with E-state index in [-0.39, 0.29) is 6.04 Å². The van der Waals surface area contributed by atoms with Crippen LogP contribution in [0.4, 0.5) is 0 Å². The third kappa shape index (κ3) is 3.58. The Hall–Kier alpha value is -1.81. The Morgan fingerprint density at radius 3 is 2.89 bits per heavy atom. The molecule has 0 saturated carbocycles. The summed E-state index contributed by atoms with van der Waals surface area (Å²) in [5, 5.41) is 7.07. The Kier molecular flexibility index (Phi) is 4.58. The summed E-state index contributed by atoms with van der Waals surface area (Å²) in [6, 6.07) is 8.28. The fourth-order valence-electron chi connectivity index (χ4n) is 2.02. The molecule has 1 heterocycles. The van der Waals surface area contributed by atoms with Crippen LogP contribution in [0.15, 0.2) is 35.0 Å². The van der Waals surface area contributed by atoms with Crippen LogP contribution in [0.1, 0.15) is 36.8 Å². The van der Waals surface area contributed by atoms with Gasteiger partial charge >= 0.3 is 0 Å². The normalized spacial score (nSPS) is 12.4.